The molecule has 4 heterocycles. The molecule has 1 aromatic carbocycles. The molecule has 1 aliphatic heterocycles. The summed E-state index contributed by atoms with van der Waals surface area (Å²) in [4.78, 5) is 44.1. The van der Waals surface area contributed by atoms with Gasteiger partial charge in [-0.3, -0.25) is 19.3 Å². The van der Waals surface area contributed by atoms with Crippen LogP contribution in [0.25, 0.3) is 27.7 Å². The molecule has 0 N–H and O–H groups in total. The first-order valence-corrected chi connectivity index (χ1v) is 14.6. The molecule has 0 bridgehead atoms. The van der Waals surface area contributed by atoms with Crippen molar-refractivity contribution in [2.75, 3.05) is 24.5 Å². The number of aromatic nitrogens is 4. The second-order valence-corrected chi connectivity index (χ2v) is 11.7. The zero-order chi connectivity index (χ0) is 29.9. The molecule has 1 amide bonds. The predicted octanol–water partition coefficient (Wildman–Crippen LogP) is 5.39. The molecule has 2 aliphatic rings. The van der Waals surface area contributed by atoms with E-state index < -0.39 is 11.5 Å². The lowest BCUT2D eigenvalue weighted by molar-refractivity contribution is -0.126. The number of carbonyl (C=O) groups excluding carboxylic acids is 1. The van der Waals surface area contributed by atoms with E-state index >= 15 is 4.39 Å². The third-order valence-electron chi connectivity index (χ3n) is 8.36. The van der Waals surface area contributed by atoms with Crippen LogP contribution in [0, 0.1) is 12.7 Å². The SMILES string of the molecule is C=CC(=O)N1CCN(c2nc(=O)n(-c3c(C)ccnc3C(C)C)c3c4c(c(Cl)cc23)-c2c(F)ccnc2CC4)[C@@H](C)C1. The van der Waals surface area contributed by atoms with Crippen LogP contribution in [0.5, 0.6) is 0 Å². The van der Waals surface area contributed by atoms with Gasteiger partial charge in [0.15, 0.2) is 0 Å². The Labute approximate surface area is 248 Å². The van der Waals surface area contributed by atoms with Crippen molar-refractivity contribution in [3.8, 4) is 16.8 Å². The van der Waals surface area contributed by atoms with Crippen molar-refractivity contribution in [3.05, 3.63) is 87.1 Å². The fraction of sp³-hybridized carbons (Fsp3) is 0.344. The number of hydrogen-bond acceptors (Lipinski definition) is 6. The van der Waals surface area contributed by atoms with Gasteiger partial charge in [-0.25, -0.2) is 9.18 Å². The summed E-state index contributed by atoms with van der Waals surface area (Å²) >= 11 is 7.00. The second-order valence-electron chi connectivity index (χ2n) is 11.3. The molecule has 0 radical (unpaired) electrons. The molecule has 0 unspecified atom stereocenters. The van der Waals surface area contributed by atoms with E-state index in [1.165, 1.54) is 18.3 Å². The third-order valence-corrected chi connectivity index (χ3v) is 8.66. The summed E-state index contributed by atoms with van der Waals surface area (Å²) in [6.45, 7) is 13.0. The summed E-state index contributed by atoms with van der Waals surface area (Å²) in [7, 11) is 0. The Bertz CT molecular complexity index is 1830. The van der Waals surface area contributed by atoms with Crippen molar-refractivity contribution in [1.29, 1.82) is 0 Å². The Morgan fingerprint density at radius 2 is 1.93 bits per heavy atom. The van der Waals surface area contributed by atoms with Gasteiger partial charge in [-0.15, -0.1) is 0 Å². The average Bonchev–Trinajstić information content (AvgIpc) is 2.97. The Kier molecular flexibility index (Phi) is 7.09. The van der Waals surface area contributed by atoms with E-state index in [0.717, 1.165) is 16.8 Å². The molecule has 42 heavy (non-hydrogen) atoms. The number of amides is 1. The van der Waals surface area contributed by atoms with Gasteiger partial charge in [0.2, 0.25) is 5.91 Å². The first kappa shape index (κ1) is 28.0. The van der Waals surface area contributed by atoms with Crippen LogP contribution in [0.1, 0.15) is 49.2 Å². The molecule has 216 valence electrons. The summed E-state index contributed by atoms with van der Waals surface area (Å²) in [5, 5.41) is 1.07. The molecule has 1 aliphatic carbocycles. The maximum atomic E-state index is 15.4. The smallest absolute Gasteiger partial charge is 0.350 e. The van der Waals surface area contributed by atoms with Crippen LogP contribution < -0.4 is 10.6 Å². The number of halogens is 2. The third kappa shape index (κ3) is 4.38. The van der Waals surface area contributed by atoms with E-state index in [0.29, 0.717) is 76.7 Å². The van der Waals surface area contributed by atoms with Crippen LogP contribution in [0.15, 0.2) is 48.0 Å². The fourth-order valence-corrected chi connectivity index (χ4v) is 6.73. The molecule has 6 rings (SSSR count). The molecular formula is C32H32ClFN6O2. The first-order valence-electron chi connectivity index (χ1n) is 14.2. The van der Waals surface area contributed by atoms with Crippen molar-refractivity contribution in [2.45, 2.75) is 52.5 Å². The van der Waals surface area contributed by atoms with Gasteiger partial charge in [0.1, 0.15) is 11.6 Å². The fourth-order valence-electron chi connectivity index (χ4n) is 6.42. The minimum Gasteiger partial charge on any atom is -0.350 e. The molecule has 8 nitrogen and oxygen atoms in total. The van der Waals surface area contributed by atoms with Crippen molar-refractivity contribution >= 4 is 34.2 Å². The summed E-state index contributed by atoms with van der Waals surface area (Å²) in [5.41, 5.74) is 4.88. The molecule has 0 saturated carbocycles. The Morgan fingerprint density at radius 1 is 1.17 bits per heavy atom. The number of nitrogens with zero attached hydrogens (tertiary/aromatic N) is 6. The molecule has 4 aromatic rings. The topological polar surface area (TPSA) is 84.2 Å². The number of pyridine rings is 2. The highest BCUT2D eigenvalue weighted by Gasteiger charge is 2.33. The van der Waals surface area contributed by atoms with Gasteiger partial charge in [-0.1, -0.05) is 32.0 Å². The number of fused-ring (bicyclic) bond motifs is 5. The van der Waals surface area contributed by atoms with Crippen LogP contribution >= 0.6 is 11.6 Å². The molecule has 3 aromatic heterocycles. The summed E-state index contributed by atoms with van der Waals surface area (Å²) in [6.07, 6.45) is 5.56. The minimum absolute atomic E-state index is 0.0301. The van der Waals surface area contributed by atoms with E-state index in [4.69, 9.17) is 11.6 Å². The summed E-state index contributed by atoms with van der Waals surface area (Å²) < 4.78 is 17.0. The van der Waals surface area contributed by atoms with Gasteiger partial charge >= 0.3 is 5.69 Å². The number of carbonyl (C=O) groups is 1. The standard InChI is InChI=1S/C32H32ClFN6O2/c1-6-25(41)38-13-14-39(19(5)16-38)31-21-15-22(33)26-20(7-8-24-27(26)23(34)10-12-35-24)30(21)40(32(42)37-31)29-18(4)9-11-36-28(29)17(2)3/h6,9-12,15,17,19H,1,7-8,13-14,16H2,2-5H3/t19-/m0/s1. The highest BCUT2D eigenvalue weighted by atomic mass is 35.5. The van der Waals surface area contributed by atoms with E-state index in [-0.39, 0.29) is 17.9 Å². The molecule has 1 saturated heterocycles. The minimum atomic E-state index is -0.450. The Morgan fingerprint density at radius 3 is 2.64 bits per heavy atom. The quantitative estimate of drug-likeness (QED) is 0.298. The number of aryl methyl sites for hydroxylation is 3. The predicted molar refractivity (Wildman–Crippen MR) is 163 cm³/mol. The van der Waals surface area contributed by atoms with Crippen LogP contribution in [0.2, 0.25) is 5.02 Å². The van der Waals surface area contributed by atoms with E-state index in [9.17, 15) is 9.59 Å². The average molecular weight is 587 g/mol. The van der Waals surface area contributed by atoms with Crippen LogP contribution in [0.4, 0.5) is 10.2 Å². The highest BCUT2D eigenvalue weighted by Crippen LogP contribution is 2.45. The van der Waals surface area contributed by atoms with E-state index in [1.54, 1.807) is 21.7 Å². The second kappa shape index (κ2) is 10.6. The number of benzene rings is 1. The lowest BCUT2D eigenvalue weighted by Gasteiger charge is -2.40. The molecular weight excluding hydrogens is 555 g/mol. The van der Waals surface area contributed by atoms with Crippen molar-refractivity contribution in [3.63, 3.8) is 0 Å². The van der Waals surface area contributed by atoms with Crippen LogP contribution in [0.3, 0.4) is 0 Å². The molecule has 0 spiro atoms. The van der Waals surface area contributed by atoms with Crippen molar-refractivity contribution in [1.82, 2.24) is 24.4 Å². The van der Waals surface area contributed by atoms with Crippen molar-refractivity contribution in [2.24, 2.45) is 0 Å². The number of hydrogen-bond donors (Lipinski definition) is 0. The lowest BCUT2D eigenvalue weighted by atomic mass is 9.86. The normalized spacial score (nSPS) is 16.5. The van der Waals surface area contributed by atoms with Gasteiger partial charge in [-0.05, 0) is 68.0 Å². The largest absolute Gasteiger partial charge is 0.354 e. The zero-order valence-corrected chi connectivity index (χ0v) is 24.9. The van der Waals surface area contributed by atoms with Crippen molar-refractivity contribution < 1.29 is 9.18 Å². The van der Waals surface area contributed by atoms with E-state index in [2.05, 4.69) is 26.4 Å². The Balaban J connectivity index is 1.70. The van der Waals surface area contributed by atoms with Crippen LogP contribution in [-0.4, -0.2) is 56.0 Å². The van der Waals surface area contributed by atoms with Crippen LogP contribution in [-0.2, 0) is 17.6 Å². The van der Waals surface area contributed by atoms with Gasteiger partial charge in [0.25, 0.3) is 0 Å². The lowest BCUT2D eigenvalue weighted by Crippen LogP contribution is -2.54. The summed E-state index contributed by atoms with van der Waals surface area (Å²) in [5.74, 6) is -0.00128. The highest BCUT2D eigenvalue weighted by molar-refractivity contribution is 6.35. The zero-order valence-electron chi connectivity index (χ0n) is 24.1. The first-order chi connectivity index (χ1) is 20.1. The van der Waals surface area contributed by atoms with E-state index in [1.807, 2.05) is 33.8 Å². The van der Waals surface area contributed by atoms with Gasteiger partial charge in [-0.2, -0.15) is 4.98 Å². The molecule has 1 fully saturated rings. The van der Waals surface area contributed by atoms with Gasteiger partial charge < -0.3 is 9.80 Å². The monoisotopic (exact) mass is 586 g/mol. The molecule has 10 heteroatoms. The van der Waals surface area contributed by atoms with Gasteiger partial charge in [0.05, 0.1) is 22.6 Å². The maximum absolute atomic E-state index is 15.4. The Hall–Kier alpha value is -4.11. The molecule has 1 atom stereocenters. The number of rotatable bonds is 4. The maximum Gasteiger partial charge on any atom is 0.354 e. The number of piperazine rings is 1. The summed E-state index contributed by atoms with van der Waals surface area (Å²) in [6, 6.07) is 4.89. The number of anilines is 1. The van der Waals surface area contributed by atoms with Gasteiger partial charge in [0, 0.05) is 59.6 Å².